The van der Waals surface area contributed by atoms with Crippen LogP contribution in [-0.4, -0.2) is 19.6 Å². The van der Waals surface area contributed by atoms with Crippen LogP contribution in [-0.2, 0) is 14.6 Å². The van der Waals surface area contributed by atoms with Crippen molar-refractivity contribution in [1.82, 2.24) is 0 Å². The maximum atomic E-state index is 11.0. The van der Waals surface area contributed by atoms with Crippen LogP contribution in [0.15, 0.2) is 0 Å². The zero-order valence-corrected chi connectivity index (χ0v) is 24.6. The Hall–Kier alpha value is -0.130. The summed E-state index contributed by atoms with van der Waals surface area (Å²) >= 11 is 0. The first-order chi connectivity index (χ1) is 17.0. The lowest BCUT2D eigenvalue weighted by atomic mass is 9.94. The second-order valence-electron chi connectivity index (χ2n) is 10.9. The maximum absolute atomic E-state index is 11.0. The van der Waals surface area contributed by atoms with Gasteiger partial charge in [0.15, 0.2) is 0 Å². The van der Waals surface area contributed by atoms with Crippen molar-refractivity contribution in [3.05, 3.63) is 0 Å². The highest BCUT2D eigenvalue weighted by Gasteiger charge is 2.13. The maximum Gasteiger partial charge on any atom is 0.397 e. The molecular weight excluding hydrogens is 456 g/mol. The predicted octanol–water partition coefficient (Wildman–Crippen LogP) is 10.6. The molecule has 5 heteroatoms. The Balaban J connectivity index is 3.73. The zero-order valence-electron chi connectivity index (χ0n) is 23.7. The van der Waals surface area contributed by atoms with Gasteiger partial charge in [0, 0.05) is 0 Å². The molecule has 0 aromatic carbocycles. The van der Waals surface area contributed by atoms with Crippen molar-refractivity contribution in [3.8, 4) is 0 Å². The van der Waals surface area contributed by atoms with Crippen LogP contribution in [0.4, 0.5) is 0 Å². The first kappa shape index (κ1) is 34.9. The van der Waals surface area contributed by atoms with Crippen LogP contribution in [0.25, 0.3) is 0 Å². The van der Waals surface area contributed by atoms with Crippen LogP contribution in [0.5, 0.6) is 0 Å². The van der Waals surface area contributed by atoms with E-state index in [0.29, 0.717) is 0 Å². The largest absolute Gasteiger partial charge is 0.397 e. The molecule has 0 amide bonds. The first-order valence-electron chi connectivity index (χ1n) is 15.6. The fraction of sp³-hybridized carbons (Fsp3) is 1.00. The summed E-state index contributed by atoms with van der Waals surface area (Å²) in [5.74, 6) is 0.239. The average Bonchev–Trinajstić information content (AvgIpc) is 2.82. The minimum absolute atomic E-state index is 0.134. The molecule has 0 aromatic rings. The second kappa shape index (κ2) is 26.9. The Morgan fingerprint density at radius 3 is 1.00 bits per heavy atom. The molecule has 0 aliphatic carbocycles. The van der Waals surface area contributed by atoms with E-state index in [1.54, 1.807) is 0 Å². The molecule has 1 atom stereocenters. The van der Waals surface area contributed by atoms with Gasteiger partial charge in [0.05, 0.1) is 6.61 Å². The quantitative estimate of drug-likeness (QED) is 0.0790. The lowest BCUT2D eigenvalue weighted by Gasteiger charge is -2.16. The van der Waals surface area contributed by atoms with Crippen LogP contribution >= 0.6 is 0 Å². The molecule has 0 aromatic heterocycles. The molecule has 4 nitrogen and oxygen atoms in total. The van der Waals surface area contributed by atoms with Gasteiger partial charge < -0.3 is 0 Å². The highest BCUT2D eigenvalue weighted by Crippen LogP contribution is 2.21. The number of unbranched alkanes of at least 4 members (excludes halogenated alkanes) is 22. The molecule has 0 spiro atoms. The molecule has 0 bridgehead atoms. The summed E-state index contributed by atoms with van der Waals surface area (Å²) in [7, 11) is -4.33. The molecule has 0 fully saturated rings. The van der Waals surface area contributed by atoms with Crippen molar-refractivity contribution >= 4 is 10.4 Å². The van der Waals surface area contributed by atoms with Crippen LogP contribution in [0.2, 0.25) is 0 Å². The van der Waals surface area contributed by atoms with Gasteiger partial charge in [-0.2, -0.15) is 8.42 Å². The fourth-order valence-electron chi connectivity index (χ4n) is 5.04. The number of hydrogen-bond donors (Lipinski definition) is 1. The number of hydrogen-bond acceptors (Lipinski definition) is 3. The third kappa shape index (κ3) is 30.0. The smallest absolute Gasteiger partial charge is 0.264 e. The van der Waals surface area contributed by atoms with E-state index >= 15 is 0 Å². The van der Waals surface area contributed by atoms with Crippen LogP contribution < -0.4 is 0 Å². The minimum atomic E-state index is -4.33. The molecule has 1 N–H and O–H groups in total. The van der Waals surface area contributed by atoms with Gasteiger partial charge in [-0.25, -0.2) is 4.18 Å². The van der Waals surface area contributed by atoms with Crippen LogP contribution in [0, 0.1) is 5.92 Å². The topological polar surface area (TPSA) is 63.6 Å². The molecule has 212 valence electrons. The number of rotatable bonds is 29. The van der Waals surface area contributed by atoms with E-state index in [2.05, 4.69) is 13.8 Å². The van der Waals surface area contributed by atoms with E-state index in [1.165, 1.54) is 141 Å². The molecule has 0 aliphatic heterocycles. The SMILES string of the molecule is CCCCCCCCCCCCCCCC(CCCCCCCCCCCCC)COS(=O)(=O)O. The van der Waals surface area contributed by atoms with Gasteiger partial charge in [-0.3, -0.25) is 4.55 Å². The summed E-state index contributed by atoms with van der Waals surface area (Å²) in [5, 5.41) is 0. The molecule has 0 radical (unpaired) electrons. The van der Waals surface area contributed by atoms with E-state index in [1.807, 2.05) is 0 Å². The predicted molar refractivity (Wildman–Crippen MR) is 152 cm³/mol. The van der Waals surface area contributed by atoms with Gasteiger partial charge in [0.2, 0.25) is 0 Å². The Morgan fingerprint density at radius 1 is 0.486 bits per heavy atom. The van der Waals surface area contributed by atoms with Crippen LogP contribution in [0.1, 0.15) is 181 Å². The van der Waals surface area contributed by atoms with Crippen LogP contribution in [0.3, 0.4) is 0 Å². The Morgan fingerprint density at radius 2 is 0.743 bits per heavy atom. The molecule has 0 saturated carbocycles. The van der Waals surface area contributed by atoms with Crippen molar-refractivity contribution in [3.63, 3.8) is 0 Å². The molecule has 0 heterocycles. The van der Waals surface area contributed by atoms with E-state index in [-0.39, 0.29) is 12.5 Å². The van der Waals surface area contributed by atoms with E-state index in [4.69, 9.17) is 8.74 Å². The Kier molecular flexibility index (Phi) is 26.8. The van der Waals surface area contributed by atoms with Crippen molar-refractivity contribution in [2.45, 2.75) is 181 Å². The molecular formula is C30H62O4S. The molecule has 35 heavy (non-hydrogen) atoms. The summed E-state index contributed by atoms with van der Waals surface area (Å²) in [5.41, 5.74) is 0. The monoisotopic (exact) mass is 518 g/mol. The third-order valence-corrected chi connectivity index (χ3v) is 7.82. The summed E-state index contributed by atoms with van der Waals surface area (Å²) in [6.45, 7) is 4.67. The first-order valence-corrected chi connectivity index (χ1v) is 17.0. The van der Waals surface area contributed by atoms with Gasteiger partial charge in [0.25, 0.3) is 0 Å². The van der Waals surface area contributed by atoms with Crippen molar-refractivity contribution in [2.75, 3.05) is 6.61 Å². The standard InChI is InChI=1S/C30H62O4S/c1-3-5-7-9-11-13-15-16-18-20-22-24-26-28-30(29-34-35(31,32)33)27-25-23-21-19-17-14-12-10-8-6-4-2/h30H,3-29H2,1-2H3,(H,31,32,33). The van der Waals surface area contributed by atoms with Gasteiger partial charge in [-0.15, -0.1) is 0 Å². The minimum Gasteiger partial charge on any atom is -0.264 e. The fourth-order valence-corrected chi connectivity index (χ4v) is 5.41. The normalized spacial score (nSPS) is 12.9. The van der Waals surface area contributed by atoms with E-state index in [0.717, 1.165) is 25.7 Å². The summed E-state index contributed by atoms with van der Waals surface area (Å²) in [6, 6.07) is 0. The molecule has 0 rings (SSSR count). The van der Waals surface area contributed by atoms with Crippen molar-refractivity contribution < 1.29 is 17.2 Å². The summed E-state index contributed by atoms with van der Waals surface area (Å²) < 4.78 is 35.7. The third-order valence-electron chi connectivity index (χ3n) is 7.38. The molecule has 0 aliphatic rings. The highest BCUT2D eigenvalue weighted by atomic mass is 32.3. The second-order valence-corrected chi connectivity index (χ2v) is 12.0. The van der Waals surface area contributed by atoms with Gasteiger partial charge in [-0.1, -0.05) is 168 Å². The van der Waals surface area contributed by atoms with Gasteiger partial charge >= 0.3 is 10.4 Å². The summed E-state index contributed by atoms with van der Waals surface area (Å²) in [6.07, 6.45) is 33.9. The van der Waals surface area contributed by atoms with Gasteiger partial charge in [0.1, 0.15) is 0 Å². The Bertz CT molecular complexity index is 506. The van der Waals surface area contributed by atoms with Gasteiger partial charge in [-0.05, 0) is 18.8 Å². The van der Waals surface area contributed by atoms with Crippen molar-refractivity contribution in [1.29, 1.82) is 0 Å². The molecule has 0 saturated heterocycles. The molecule has 1 unspecified atom stereocenters. The highest BCUT2D eigenvalue weighted by molar-refractivity contribution is 7.80. The van der Waals surface area contributed by atoms with E-state index < -0.39 is 10.4 Å². The average molecular weight is 519 g/mol. The van der Waals surface area contributed by atoms with E-state index in [9.17, 15) is 8.42 Å². The zero-order chi connectivity index (χ0) is 25.9. The summed E-state index contributed by atoms with van der Waals surface area (Å²) in [4.78, 5) is 0. The van der Waals surface area contributed by atoms with Crippen molar-refractivity contribution in [2.24, 2.45) is 5.92 Å². The Labute approximate surface area is 220 Å². The lowest BCUT2D eigenvalue weighted by Crippen LogP contribution is -2.14. The lowest BCUT2D eigenvalue weighted by molar-refractivity contribution is 0.204.